The van der Waals surface area contributed by atoms with Crippen LogP contribution in [0.5, 0.6) is 0 Å². The summed E-state index contributed by atoms with van der Waals surface area (Å²) in [7, 11) is 0. The van der Waals surface area contributed by atoms with E-state index < -0.39 is 0 Å². The number of nitrogens with zero attached hydrogens (tertiary/aromatic N) is 2. The number of nitriles is 1. The van der Waals surface area contributed by atoms with Crippen LogP contribution in [0.2, 0.25) is 0 Å². The maximum absolute atomic E-state index is 9.40. The Balaban J connectivity index is 2.07. The Morgan fingerprint density at radius 1 is 0.941 bits per heavy atom. The van der Waals surface area contributed by atoms with E-state index in [0.717, 1.165) is 6.42 Å². The van der Waals surface area contributed by atoms with Crippen molar-refractivity contribution in [1.29, 1.82) is 5.26 Å². The molecule has 0 bridgehead atoms. The predicted molar refractivity (Wildman–Crippen MR) is 70.6 cm³/mol. The molecule has 0 N–H and O–H groups in total. The van der Waals surface area contributed by atoms with Crippen molar-refractivity contribution in [3.8, 4) is 6.07 Å². The van der Waals surface area contributed by atoms with E-state index in [2.05, 4.69) is 17.9 Å². The summed E-state index contributed by atoms with van der Waals surface area (Å²) >= 11 is 0. The molecule has 2 aliphatic rings. The van der Waals surface area contributed by atoms with E-state index in [0.29, 0.717) is 12.1 Å². The smallest absolute Gasteiger partial charge is 0.0672 e. The fourth-order valence-corrected chi connectivity index (χ4v) is 3.63. The topological polar surface area (TPSA) is 27.0 Å². The Morgan fingerprint density at radius 2 is 1.65 bits per heavy atom. The zero-order chi connectivity index (χ0) is 12.1. The molecule has 96 valence electrons. The third kappa shape index (κ3) is 3.22. The van der Waals surface area contributed by atoms with Gasteiger partial charge in [0, 0.05) is 12.1 Å². The van der Waals surface area contributed by atoms with Crippen LogP contribution in [0.3, 0.4) is 0 Å². The molecule has 1 heterocycles. The van der Waals surface area contributed by atoms with Gasteiger partial charge in [0.1, 0.15) is 0 Å². The molecular weight excluding hydrogens is 208 g/mol. The lowest BCUT2D eigenvalue weighted by atomic mass is 9.93. The monoisotopic (exact) mass is 234 g/mol. The Kier molecular flexibility index (Phi) is 4.86. The van der Waals surface area contributed by atoms with Crippen LogP contribution in [0.25, 0.3) is 0 Å². The van der Waals surface area contributed by atoms with Crippen molar-refractivity contribution in [1.82, 2.24) is 4.90 Å². The summed E-state index contributed by atoms with van der Waals surface area (Å²) in [4.78, 5) is 2.67. The molecular formula is C15H26N2. The second-order valence-corrected chi connectivity index (χ2v) is 5.88. The number of likely N-dealkylation sites (tertiary alicyclic amines) is 1. The minimum atomic E-state index is 0.290. The molecule has 1 aliphatic heterocycles. The highest BCUT2D eigenvalue weighted by Crippen LogP contribution is 2.30. The third-order valence-electron chi connectivity index (χ3n) is 4.68. The van der Waals surface area contributed by atoms with Crippen molar-refractivity contribution >= 4 is 0 Å². The van der Waals surface area contributed by atoms with Gasteiger partial charge >= 0.3 is 0 Å². The maximum Gasteiger partial charge on any atom is 0.0672 e. The molecule has 1 aliphatic carbocycles. The van der Waals surface area contributed by atoms with Crippen molar-refractivity contribution in [2.45, 2.75) is 76.8 Å². The highest BCUT2D eigenvalue weighted by molar-refractivity contribution is 4.96. The van der Waals surface area contributed by atoms with E-state index in [9.17, 15) is 5.26 Å². The van der Waals surface area contributed by atoms with Crippen molar-refractivity contribution in [2.75, 3.05) is 6.54 Å². The Hall–Kier alpha value is -0.550. The van der Waals surface area contributed by atoms with Crippen LogP contribution < -0.4 is 0 Å². The average molecular weight is 234 g/mol. The molecule has 2 fully saturated rings. The predicted octanol–water partition coefficient (Wildman–Crippen LogP) is 3.72. The van der Waals surface area contributed by atoms with Crippen LogP contribution in [-0.2, 0) is 0 Å². The Bertz CT molecular complexity index is 269. The molecule has 17 heavy (non-hydrogen) atoms. The van der Waals surface area contributed by atoms with Gasteiger partial charge in [0.15, 0.2) is 0 Å². The fraction of sp³-hybridized carbons (Fsp3) is 0.933. The molecule has 0 aromatic rings. The van der Waals surface area contributed by atoms with Crippen molar-refractivity contribution in [3.05, 3.63) is 0 Å². The molecule has 0 aromatic carbocycles. The van der Waals surface area contributed by atoms with Crippen molar-refractivity contribution in [3.63, 3.8) is 0 Å². The van der Waals surface area contributed by atoms with Crippen LogP contribution in [0.15, 0.2) is 0 Å². The largest absolute Gasteiger partial charge is 0.296 e. The second kappa shape index (κ2) is 6.40. The van der Waals surface area contributed by atoms with E-state index in [-0.39, 0.29) is 5.92 Å². The minimum Gasteiger partial charge on any atom is -0.296 e. The molecule has 2 rings (SSSR count). The molecule has 3 unspecified atom stereocenters. The summed E-state index contributed by atoms with van der Waals surface area (Å²) in [6.45, 7) is 3.59. The van der Waals surface area contributed by atoms with Gasteiger partial charge in [0.05, 0.1) is 12.0 Å². The molecule has 3 atom stereocenters. The zero-order valence-electron chi connectivity index (χ0n) is 11.2. The van der Waals surface area contributed by atoms with Gasteiger partial charge in [-0.25, -0.2) is 0 Å². The normalized spacial score (nSPS) is 36.8. The van der Waals surface area contributed by atoms with E-state index >= 15 is 0 Å². The first-order valence-electron chi connectivity index (χ1n) is 7.48. The van der Waals surface area contributed by atoms with Gasteiger partial charge in [-0.1, -0.05) is 32.1 Å². The second-order valence-electron chi connectivity index (χ2n) is 5.88. The van der Waals surface area contributed by atoms with Crippen LogP contribution in [0.4, 0.5) is 0 Å². The van der Waals surface area contributed by atoms with Crippen LogP contribution in [0.1, 0.15) is 64.7 Å². The van der Waals surface area contributed by atoms with Gasteiger partial charge in [-0.05, 0) is 39.2 Å². The number of hydrogen-bond acceptors (Lipinski definition) is 2. The molecule has 0 spiro atoms. The standard InChI is InChI=1S/C15H26N2/c1-13-8-4-3-7-11-17(13)15-10-6-2-5-9-14(15)12-16/h13-15H,2-11H2,1H3. The first kappa shape index (κ1) is 12.9. The van der Waals surface area contributed by atoms with Gasteiger partial charge in [-0.15, -0.1) is 0 Å². The lowest BCUT2D eigenvalue weighted by Gasteiger charge is -2.37. The highest BCUT2D eigenvalue weighted by atomic mass is 15.2. The zero-order valence-corrected chi connectivity index (χ0v) is 11.2. The first-order chi connectivity index (χ1) is 8.33. The Morgan fingerprint density at radius 3 is 2.47 bits per heavy atom. The van der Waals surface area contributed by atoms with Gasteiger partial charge in [-0.3, -0.25) is 4.90 Å². The quantitative estimate of drug-likeness (QED) is 0.646. The summed E-state index contributed by atoms with van der Waals surface area (Å²) in [5, 5.41) is 9.40. The minimum absolute atomic E-state index is 0.290. The molecule has 2 heteroatoms. The van der Waals surface area contributed by atoms with E-state index in [1.807, 2.05) is 0 Å². The lowest BCUT2D eigenvalue weighted by Crippen LogP contribution is -2.45. The average Bonchev–Trinajstić information content (AvgIpc) is 2.68. The van der Waals surface area contributed by atoms with Gasteiger partial charge < -0.3 is 0 Å². The van der Waals surface area contributed by atoms with Gasteiger partial charge in [-0.2, -0.15) is 5.26 Å². The van der Waals surface area contributed by atoms with Crippen molar-refractivity contribution in [2.24, 2.45) is 5.92 Å². The summed E-state index contributed by atoms with van der Waals surface area (Å²) in [6, 6.07) is 3.83. The highest BCUT2D eigenvalue weighted by Gasteiger charge is 2.31. The number of hydrogen-bond donors (Lipinski definition) is 0. The summed E-state index contributed by atoms with van der Waals surface area (Å²) in [5.41, 5.74) is 0. The van der Waals surface area contributed by atoms with E-state index in [1.165, 1.54) is 57.9 Å². The maximum atomic E-state index is 9.40. The number of rotatable bonds is 1. The molecule has 2 nitrogen and oxygen atoms in total. The summed E-state index contributed by atoms with van der Waals surface area (Å²) < 4.78 is 0. The SMILES string of the molecule is CC1CCCCCN1C1CCCCCC1C#N. The first-order valence-corrected chi connectivity index (χ1v) is 7.48. The van der Waals surface area contributed by atoms with Crippen LogP contribution in [-0.4, -0.2) is 23.5 Å². The molecule has 0 radical (unpaired) electrons. The molecule has 1 saturated heterocycles. The van der Waals surface area contributed by atoms with E-state index in [1.54, 1.807) is 0 Å². The summed E-state index contributed by atoms with van der Waals surface area (Å²) in [6.07, 6.45) is 11.7. The fourth-order valence-electron chi connectivity index (χ4n) is 3.63. The Labute approximate surface area is 106 Å². The van der Waals surface area contributed by atoms with Gasteiger partial charge in [0.25, 0.3) is 0 Å². The third-order valence-corrected chi connectivity index (χ3v) is 4.68. The van der Waals surface area contributed by atoms with E-state index in [4.69, 9.17) is 0 Å². The lowest BCUT2D eigenvalue weighted by molar-refractivity contribution is 0.112. The van der Waals surface area contributed by atoms with Crippen LogP contribution in [0, 0.1) is 17.2 Å². The molecule has 1 saturated carbocycles. The molecule has 0 amide bonds. The summed E-state index contributed by atoms with van der Waals surface area (Å²) in [5.74, 6) is 0.290. The molecule has 0 aromatic heterocycles. The van der Waals surface area contributed by atoms with Crippen LogP contribution >= 0.6 is 0 Å². The van der Waals surface area contributed by atoms with Gasteiger partial charge in [0.2, 0.25) is 0 Å². The van der Waals surface area contributed by atoms with Crippen molar-refractivity contribution < 1.29 is 0 Å².